The quantitative estimate of drug-likeness (QED) is 0.652. The Bertz CT molecular complexity index is 497. The summed E-state index contributed by atoms with van der Waals surface area (Å²) in [5.41, 5.74) is 2.43. The molecule has 0 saturated heterocycles. The largest absolute Gasteiger partial charge is 0.366 e. The fourth-order valence-corrected chi connectivity index (χ4v) is 2.81. The van der Waals surface area contributed by atoms with Gasteiger partial charge in [-0.1, -0.05) is 74.5 Å². The van der Waals surface area contributed by atoms with E-state index in [-0.39, 0.29) is 12.2 Å². The van der Waals surface area contributed by atoms with E-state index in [0.717, 1.165) is 26.1 Å². The summed E-state index contributed by atoms with van der Waals surface area (Å²) in [5.74, 6) is 0. The Morgan fingerprint density at radius 3 is 1.74 bits per heavy atom. The summed E-state index contributed by atoms with van der Waals surface area (Å²) in [4.78, 5) is 2.44. The van der Waals surface area contributed by atoms with Gasteiger partial charge in [0.05, 0.1) is 6.10 Å². The maximum absolute atomic E-state index is 6.44. The highest BCUT2D eigenvalue weighted by molar-refractivity contribution is 5.29. The fourth-order valence-electron chi connectivity index (χ4n) is 2.81. The van der Waals surface area contributed by atoms with Gasteiger partial charge in [-0.3, -0.25) is 0 Å². The van der Waals surface area contributed by atoms with E-state index in [1.54, 1.807) is 0 Å². The zero-order chi connectivity index (χ0) is 16.5. The van der Waals surface area contributed by atoms with Crippen molar-refractivity contribution in [3.63, 3.8) is 0 Å². The highest BCUT2D eigenvalue weighted by Crippen LogP contribution is 2.27. The van der Waals surface area contributed by atoms with Crippen molar-refractivity contribution < 1.29 is 4.74 Å². The lowest BCUT2D eigenvalue weighted by molar-refractivity contribution is 0.00975. The Balaban J connectivity index is 2.06. The van der Waals surface area contributed by atoms with Gasteiger partial charge >= 0.3 is 0 Å². The molecule has 1 atom stereocenters. The molecule has 0 aliphatic rings. The van der Waals surface area contributed by atoms with E-state index in [9.17, 15) is 0 Å². The van der Waals surface area contributed by atoms with Crippen LogP contribution in [0.1, 0.15) is 44.4 Å². The van der Waals surface area contributed by atoms with E-state index in [2.05, 4.69) is 86.3 Å². The Morgan fingerprint density at radius 2 is 1.30 bits per heavy atom. The lowest BCUT2D eigenvalue weighted by Crippen LogP contribution is -2.27. The highest BCUT2D eigenvalue weighted by atomic mass is 16.5. The standard InChI is InChI=1S/C21H29NO/c1-4-22(5-2)17-16-18(3)23-21(19-12-8-6-9-13-19)20-14-10-7-11-15-20/h6-15,18,21H,4-5,16-17H2,1-3H3/t18-/m0/s1. The number of benzene rings is 2. The predicted molar refractivity (Wildman–Crippen MR) is 97.7 cm³/mol. The number of ether oxygens (including phenoxy) is 1. The minimum absolute atomic E-state index is 0.00380. The molecule has 23 heavy (non-hydrogen) atoms. The summed E-state index contributed by atoms with van der Waals surface area (Å²) in [6, 6.07) is 21.0. The summed E-state index contributed by atoms with van der Waals surface area (Å²) in [6.45, 7) is 9.90. The Morgan fingerprint density at radius 1 is 0.826 bits per heavy atom. The molecule has 0 saturated carbocycles. The second-order valence-corrected chi connectivity index (χ2v) is 5.96. The van der Waals surface area contributed by atoms with Crippen LogP contribution in [0.3, 0.4) is 0 Å². The van der Waals surface area contributed by atoms with Gasteiger partial charge in [0.2, 0.25) is 0 Å². The Hall–Kier alpha value is -1.64. The van der Waals surface area contributed by atoms with Crippen molar-refractivity contribution in [3.05, 3.63) is 71.8 Å². The molecule has 2 aromatic rings. The second kappa shape index (κ2) is 9.49. The highest BCUT2D eigenvalue weighted by Gasteiger charge is 2.18. The first-order valence-corrected chi connectivity index (χ1v) is 8.72. The monoisotopic (exact) mass is 311 g/mol. The zero-order valence-electron chi connectivity index (χ0n) is 14.6. The third kappa shape index (κ3) is 5.49. The lowest BCUT2D eigenvalue weighted by atomic mass is 10.0. The van der Waals surface area contributed by atoms with Crippen LogP contribution < -0.4 is 0 Å². The first-order chi connectivity index (χ1) is 11.2. The molecule has 0 heterocycles. The van der Waals surface area contributed by atoms with Crippen LogP contribution in [0.5, 0.6) is 0 Å². The third-order valence-corrected chi connectivity index (χ3v) is 4.32. The average Bonchev–Trinajstić information content (AvgIpc) is 2.62. The van der Waals surface area contributed by atoms with E-state index in [4.69, 9.17) is 4.74 Å². The topological polar surface area (TPSA) is 12.5 Å². The van der Waals surface area contributed by atoms with Crippen LogP contribution in [0, 0.1) is 0 Å². The van der Waals surface area contributed by atoms with Crippen molar-refractivity contribution in [1.29, 1.82) is 0 Å². The third-order valence-electron chi connectivity index (χ3n) is 4.32. The smallest absolute Gasteiger partial charge is 0.108 e. The van der Waals surface area contributed by atoms with Crippen LogP contribution >= 0.6 is 0 Å². The zero-order valence-corrected chi connectivity index (χ0v) is 14.6. The van der Waals surface area contributed by atoms with Crippen molar-refractivity contribution in [2.75, 3.05) is 19.6 Å². The number of hydrogen-bond acceptors (Lipinski definition) is 2. The normalized spacial score (nSPS) is 12.7. The Labute approximate surface area is 141 Å². The summed E-state index contributed by atoms with van der Waals surface area (Å²) < 4.78 is 6.44. The molecule has 0 fully saturated rings. The molecule has 0 aliphatic heterocycles. The molecule has 0 unspecified atom stereocenters. The molecule has 2 heteroatoms. The molecule has 0 spiro atoms. The summed E-state index contributed by atoms with van der Waals surface area (Å²) in [5, 5.41) is 0. The summed E-state index contributed by atoms with van der Waals surface area (Å²) in [6.07, 6.45) is 1.28. The van der Waals surface area contributed by atoms with Gasteiger partial charge < -0.3 is 9.64 Å². The van der Waals surface area contributed by atoms with E-state index in [1.165, 1.54) is 11.1 Å². The molecule has 0 bridgehead atoms. The molecule has 124 valence electrons. The molecule has 2 rings (SSSR count). The SMILES string of the molecule is CCN(CC)CC[C@H](C)OC(c1ccccc1)c1ccccc1. The number of rotatable bonds is 9. The summed E-state index contributed by atoms with van der Waals surface area (Å²) in [7, 11) is 0. The lowest BCUT2D eigenvalue weighted by Gasteiger charge is -2.25. The first-order valence-electron chi connectivity index (χ1n) is 8.72. The Kier molecular flexibility index (Phi) is 7.31. The van der Waals surface area contributed by atoms with Gasteiger partial charge in [0, 0.05) is 6.54 Å². The van der Waals surface area contributed by atoms with Crippen LogP contribution in [-0.4, -0.2) is 30.6 Å². The van der Waals surface area contributed by atoms with Crippen LogP contribution in [0.25, 0.3) is 0 Å². The number of nitrogens with zero attached hydrogens (tertiary/aromatic N) is 1. The summed E-state index contributed by atoms with van der Waals surface area (Å²) >= 11 is 0. The van der Waals surface area contributed by atoms with Crippen LogP contribution in [0.2, 0.25) is 0 Å². The van der Waals surface area contributed by atoms with E-state index >= 15 is 0 Å². The molecular formula is C21H29NO. The van der Waals surface area contributed by atoms with Crippen LogP contribution in [0.4, 0.5) is 0 Å². The maximum Gasteiger partial charge on any atom is 0.108 e. The van der Waals surface area contributed by atoms with E-state index in [1.807, 2.05) is 0 Å². The molecule has 0 radical (unpaired) electrons. The van der Waals surface area contributed by atoms with Gasteiger partial charge in [-0.05, 0) is 37.6 Å². The molecule has 0 amide bonds. The predicted octanol–water partition coefficient (Wildman–Crippen LogP) is 4.91. The molecule has 2 nitrogen and oxygen atoms in total. The fraction of sp³-hybridized carbons (Fsp3) is 0.429. The van der Waals surface area contributed by atoms with Gasteiger partial charge in [-0.2, -0.15) is 0 Å². The second-order valence-electron chi connectivity index (χ2n) is 5.96. The molecule has 0 aromatic heterocycles. The van der Waals surface area contributed by atoms with Crippen molar-refractivity contribution in [2.24, 2.45) is 0 Å². The van der Waals surface area contributed by atoms with Gasteiger partial charge in [0.25, 0.3) is 0 Å². The minimum atomic E-state index is 0.00380. The molecule has 0 aliphatic carbocycles. The van der Waals surface area contributed by atoms with Gasteiger partial charge in [-0.15, -0.1) is 0 Å². The van der Waals surface area contributed by atoms with Crippen molar-refractivity contribution in [3.8, 4) is 0 Å². The minimum Gasteiger partial charge on any atom is -0.366 e. The van der Waals surface area contributed by atoms with E-state index in [0.29, 0.717) is 0 Å². The number of hydrogen-bond donors (Lipinski definition) is 0. The van der Waals surface area contributed by atoms with Crippen molar-refractivity contribution in [2.45, 2.75) is 39.4 Å². The maximum atomic E-state index is 6.44. The first kappa shape index (κ1) is 17.7. The van der Waals surface area contributed by atoms with Gasteiger partial charge in [0.1, 0.15) is 6.10 Å². The van der Waals surface area contributed by atoms with Gasteiger partial charge in [0.15, 0.2) is 0 Å². The van der Waals surface area contributed by atoms with E-state index < -0.39 is 0 Å². The van der Waals surface area contributed by atoms with Crippen LogP contribution in [-0.2, 0) is 4.74 Å². The average molecular weight is 311 g/mol. The van der Waals surface area contributed by atoms with Gasteiger partial charge in [-0.25, -0.2) is 0 Å². The van der Waals surface area contributed by atoms with Crippen molar-refractivity contribution in [1.82, 2.24) is 4.90 Å². The molecular weight excluding hydrogens is 282 g/mol. The van der Waals surface area contributed by atoms with Crippen LogP contribution in [0.15, 0.2) is 60.7 Å². The van der Waals surface area contributed by atoms with Crippen molar-refractivity contribution >= 4 is 0 Å². The molecule has 2 aromatic carbocycles. The molecule has 0 N–H and O–H groups in total.